The third-order valence-electron chi connectivity index (χ3n) is 4.26. The quantitative estimate of drug-likeness (QED) is 0.817. The van der Waals surface area contributed by atoms with Crippen molar-refractivity contribution in [2.45, 2.75) is 26.4 Å². The summed E-state index contributed by atoms with van der Waals surface area (Å²) in [4.78, 5) is 28.7. The highest BCUT2D eigenvalue weighted by atomic mass is 19.4. The van der Waals surface area contributed by atoms with Crippen molar-refractivity contribution in [2.75, 3.05) is 0 Å². The molecule has 2 aromatic rings. The Labute approximate surface area is 142 Å². The molecule has 0 saturated heterocycles. The monoisotopic (exact) mass is 345 g/mol. The summed E-state index contributed by atoms with van der Waals surface area (Å²) in [6.45, 7) is 3.71. The molecule has 1 aromatic carbocycles. The van der Waals surface area contributed by atoms with E-state index in [0.29, 0.717) is 16.8 Å². The molecule has 0 saturated carbocycles. The second-order valence-corrected chi connectivity index (χ2v) is 6.06. The first-order valence-corrected chi connectivity index (χ1v) is 7.60. The standard InChI is InChI=1S/C19H14F3NO2/c1-10-5-15-16(6-11(10)2)18(25)12(8-17(15)24)7-14-4-3-13(9-23-14)19(20,21)22/h3-6,8-9H,7H2,1-2H3. The molecular formula is C19H14F3NO2. The number of halogens is 3. The first kappa shape index (κ1) is 17.1. The van der Waals surface area contributed by atoms with Gasteiger partial charge >= 0.3 is 6.18 Å². The van der Waals surface area contributed by atoms with Gasteiger partial charge in [0.1, 0.15) is 0 Å². The van der Waals surface area contributed by atoms with Crippen LogP contribution in [0.4, 0.5) is 13.2 Å². The number of fused-ring (bicyclic) bond motifs is 1. The number of Topliss-reactive ketones (excluding diaryl/α,β-unsaturated/α-hetero) is 1. The number of hydrogen-bond donors (Lipinski definition) is 0. The van der Waals surface area contributed by atoms with Crippen LogP contribution >= 0.6 is 0 Å². The minimum atomic E-state index is -4.46. The number of aromatic nitrogens is 1. The lowest BCUT2D eigenvalue weighted by Gasteiger charge is -2.17. The van der Waals surface area contributed by atoms with E-state index in [1.54, 1.807) is 12.1 Å². The second kappa shape index (κ2) is 5.95. The van der Waals surface area contributed by atoms with Crippen LogP contribution in [0.25, 0.3) is 0 Å². The van der Waals surface area contributed by atoms with E-state index >= 15 is 0 Å². The van der Waals surface area contributed by atoms with E-state index in [9.17, 15) is 22.8 Å². The Morgan fingerprint density at radius 2 is 1.64 bits per heavy atom. The Hall–Kier alpha value is -2.76. The van der Waals surface area contributed by atoms with Crippen molar-refractivity contribution in [3.05, 3.63) is 75.6 Å². The predicted octanol–water partition coefficient (Wildman–Crippen LogP) is 4.27. The average Bonchev–Trinajstić information content (AvgIpc) is 2.54. The van der Waals surface area contributed by atoms with Crippen molar-refractivity contribution in [1.82, 2.24) is 4.98 Å². The smallest absolute Gasteiger partial charge is 0.289 e. The van der Waals surface area contributed by atoms with Gasteiger partial charge in [-0.3, -0.25) is 14.6 Å². The molecule has 1 aliphatic carbocycles. The largest absolute Gasteiger partial charge is 0.417 e. The zero-order valence-corrected chi connectivity index (χ0v) is 13.6. The van der Waals surface area contributed by atoms with Gasteiger partial charge in [0.05, 0.1) is 5.56 Å². The molecule has 1 heterocycles. The minimum absolute atomic E-state index is 0.00900. The van der Waals surface area contributed by atoms with Gasteiger partial charge in [-0.05, 0) is 55.3 Å². The first-order valence-electron chi connectivity index (χ1n) is 7.60. The summed E-state index contributed by atoms with van der Waals surface area (Å²) in [5.74, 6) is -0.570. The molecule has 0 N–H and O–H groups in total. The summed E-state index contributed by atoms with van der Waals surface area (Å²) in [6, 6.07) is 5.50. The van der Waals surface area contributed by atoms with Crippen LogP contribution in [0, 0.1) is 13.8 Å². The number of aryl methyl sites for hydroxylation is 2. The molecular weight excluding hydrogens is 331 g/mol. The fourth-order valence-corrected chi connectivity index (χ4v) is 2.71. The number of nitrogens with zero attached hydrogens (tertiary/aromatic N) is 1. The average molecular weight is 345 g/mol. The van der Waals surface area contributed by atoms with Gasteiger partial charge in [-0.15, -0.1) is 0 Å². The summed E-state index contributed by atoms with van der Waals surface area (Å²) in [5.41, 5.74) is 2.18. The molecule has 0 atom stereocenters. The zero-order chi connectivity index (χ0) is 18.4. The number of ketones is 2. The Kier molecular flexibility index (Phi) is 4.06. The van der Waals surface area contributed by atoms with Crippen LogP contribution < -0.4 is 0 Å². The van der Waals surface area contributed by atoms with E-state index in [1.165, 1.54) is 12.1 Å². The van der Waals surface area contributed by atoms with Gasteiger partial charge < -0.3 is 0 Å². The molecule has 0 bridgehead atoms. The lowest BCUT2D eigenvalue weighted by atomic mass is 9.85. The molecule has 6 heteroatoms. The number of allylic oxidation sites excluding steroid dienone is 2. The second-order valence-electron chi connectivity index (χ2n) is 6.06. The fourth-order valence-electron chi connectivity index (χ4n) is 2.71. The number of carbonyl (C=O) groups excluding carboxylic acids is 2. The summed E-state index contributed by atoms with van der Waals surface area (Å²) in [5, 5.41) is 0. The lowest BCUT2D eigenvalue weighted by Crippen LogP contribution is -2.19. The van der Waals surface area contributed by atoms with Crippen molar-refractivity contribution < 1.29 is 22.8 Å². The Morgan fingerprint density at radius 1 is 1.00 bits per heavy atom. The van der Waals surface area contributed by atoms with Crippen LogP contribution in [-0.2, 0) is 12.6 Å². The molecule has 1 aliphatic rings. The van der Waals surface area contributed by atoms with Gasteiger partial charge in [0.15, 0.2) is 11.6 Å². The number of rotatable bonds is 2. The van der Waals surface area contributed by atoms with Crippen LogP contribution in [0.2, 0.25) is 0 Å². The van der Waals surface area contributed by atoms with Crippen molar-refractivity contribution in [1.29, 1.82) is 0 Å². The topological polar surface area (TPSA) is 47.0 Å². The summed E-state index contributed by atoms with van der Waals surface area (Å²) < 4.78 is 37.7. The molecule has 0 unspecified atom stereocenters. The van der Waals surface area contributed by atoms with Gasteiger partial charge in [0.2, 0.25) is 0 Å². The highest BCUT2D eigenvalue weighted by molar-refractivity contribution is 6.24. The number of alkyl halides is 3. The molecule has 3 nitrogen and oxygen atoms in total. The Morgan fingerprint density at radius 3 is 2.20 bits per heavy atom. The van der Waals surface area contributed by atoms with Crippen molar-refractivity contribution in [3.63, 3.8) is 0 Å². The maximum Gasteiger partial charge on any atom is 0.417 e. The molecule has 1 aromatic heterocycles. The van der Waals surface area contributed by atoms with E-state index < -0.39 is 11.7 Å². The predicted molar refractivity (Wildman–Crippen MR) is 85.6 cm³/mol. The van der Waals surface area contributed by atoms with E-state index in [4.69, 9.17) is 0 Å². The van der Waals surface area contributed by atoms with Crippen LogP contribution in [0.5, 0.6) is 0 Å². The Bertz CT molecular complexity index is 910. The molecule has 0 spiro atoms. The highest BCUT2D eigenvalue weighted by Gasteiger charge is 2.31. The zero-order valence-electron chi connectivity index (χ0n) is 13.6. The van der Waals surface area contributed by atoms with Crippen LogP contribution in [-0.4, -0.2) is 16.6 Å². The maximum absolute atomic E-state index is 12.6. The van der Waals surface area contributed by atoms with Crippen molar-refractivity contribution >= 4 is 11.6 Å². The third kappa shape index (κ3) is 3.24. The van der Waals surface area contributed by atoms with Gasteiger partial charge in [-0.25, -0.2) is 0 Å². The van der Waals surface area contributed by atoms with E-state index in [2.05, 4.69) is 4.98 Å². The molecule has 0 fully saturated rings. The van der Waals surface area contributed by atoms with Gasteiger partial charge in [-0.2, -0.15) is 13.2 Å². The minimum Gasteiger partial charge on any atom is -0.289 e. The van der Waals surface area contributed by atoms with Crippen LogP contribution in [0.1, 0.15) is 43.1 Å². The highest BCUT2D eigenvalue weighted by Crippen LogP contribution is 2.29. The fraction of sp³-hybridized carbons (Fsp3) is 0.211. The molecule has 0 radical (unpaired) electrons. The first-order chi connectivity index (χ1) is 11.7. The number of hydrogen-bond acceptors (Lipinski definition) is 3. The Balaban J connectivity index is 1.90. The van der Waals surface area contributed by atoms with Crippen LogP contribution in [0.15, 0.2) is 42.1 Å². The number of pyridine rings is 1. The van der Waals surface area contributed by atoms with Gasteiger partial charge in [0.25, 0.3) is 0 Å². The summed E-state index contributed by atoms with van der Waals surface area (Å²) in [6.07, 6.45) is -2.48. The van der Waals surface area contributed by atoms with Crippen molar-refractivity contribution in [2.24, 2.45) is 0 Å². The van der Waals surface area contributed by atoms with Crippen LogP contribution in [0.3, 0.4) is 0 Å². The molecule has 3 rings (SSSR count). The molecule has 0 aliphatic heterocycles. The normalized spacial score (nSPS) is 14.4. The molecule has 128 valence electrons. The van der Waals surface area contributed by atoms with Crippen molar-refractivity contribution in [3.8, 4) is 0 Å². The van der Waals surface area contributed by atoms with E-state index in [-0.39, 0.29) is 23.6 Å². The molecule has 0 amide bonds. The van der Waals surface area contributed by atoms with Gasteiger partial charge in [0, 0.05) is 35.0 Å². The third-order valence-corrected chi connectivity index (χ3v) is 4.26. The molecule has 25 heavy (non-hydrogen) atoms. The van der Waals surface area contributed by atoms with E-state index in [1.807, 2.05) is 13.8 Å². The summed E-state index contributed by atoms with van der Waals surface area (Å²) >= 11 is 0. The number of carbonyl (C=O) groups is 2. The maximum atomic E-state index is 12.6. The lowest BCUT2D eigenvalue weighted by molar-refractivity contribution is -0.137. The summed E-state index contributed by atoms with van der Waals surface area (Å²) in [7, 11) is 0. The van der Waals surface area contributed by atoms with Gasteiger partial charge in [-0.1, -0.05) is 0 Å². The SMILES string of the molecule is Cc1cc2c(cc1C)C(=O)C(Cc1ccc(C(F)(F)F)cn1)=CC2=O. The number of benzene rings is 1. The van der Waals surface area contributed by atoms with E-state index in [0.717, 1.165) is 23.4 Å².